The van der Waals surface area contributed by atoms with E-state index < -0.39 is 0 Å². The van der Waals surface area contributed by atoms with Gasteiger partial charge in [0.25, 0.3) is 5.56 Å². The first kappa shape index (κ1) is 16.2. The molecule has 0 aliphatic heterocycles. The summed E-state index contributed by atoms with van der Waals surface area (Å²) >= 11 is 0. The van der Waals surface area contributed by atoms with Crippen LogP contribution in [0.15, 0.2) is 4.79 Å². The van der Waals surface area contributed by atoms with E-state index in [0.717, 1.165) is 16.8 Å². The van der Waals surface area contributed by atoms with E-state index in [1.54, 1.807) is 11.7 Å². The summed E-state index contributed by atoms with van der Waals surface area (Å²) in [4.78, 5) is 28.6. The highest BCUT2D eigenvalue weighted by atomic mass is 16.1. The Morgan fingerprint density at radius 2 is 2.09 bits per heavy atom. The Hall–Kier alpha value is -2.15. The standard InChI is InChI=1S/C15H23N5O2/c1-8(16-4)7-17-12(21)6-11-9(2)13-14(18-10(11)3)20(5)19-15(13)22/h8,16H,6-7H2,1-5H3,(H,17,21)(H,19,22). The van der Waals surface area contributed by atoms with Gasteiger partial charge in [0.15, 0.2) is 5.65 Å². The van der Waals surface area contributed by atoms with Crippen molar-refractivity contribution in [2.75, 3.05) is 13.6 Å². The minimum absolute atomic E-state index is 0.0678. The largest absolute Gasteiger partial charge is 0.354 e. The molecule has 0 aromatic carbocycles. The molecule has 2 aromatic rings. The van der Waals surface area contributed by atoms with Crippen LogP contribution in [0, 0.1) is 13.8 Å². The minimum atomic E-state index is -0.173. The average molecular weight is 305 g/mol. The lowest BCUT2D eigenvalue weighted by molar-refractivity contribution is -0.120. The number of carbonyl (C=O) groups excluding carboxylic acids is 1. The maximum Gasteiger partial charge on any atom is 0.273 e. The Bertz CT molecular complexity index is 759. The van der Waals surface area contributed by atoms with Crippen molar-refractivity contribution in [2.45, 2.75) is 33.2 Å². The van der Waals surface area contributed by atoms with Crippen LogP contribution in [-0.4, -0.2) is 40.3 Å². The zero-order valence-corrected chi connectivity index (χ0v) is 13.7. The van der Waals surface area contributed by atoms with Crippen molar-refractivity contribution in [3.05, 3.63) is 27.2 Å². The topological polar surface area (TPSA) is 91.8 Å². The fourth-order valence-electron chi connectivity index (χ4n) is 2.50. The van der Waals surface area contributed by atoms with Gasteiger partial charge in [-0.2, -0.15) is 0 Å². The van der Waals surface area contributed by atoms with Crippen molar-refractivity contribution in [2.24, 2.45) is 7.05 Å². The van der Waals surface area contributed by atoms with Crippen molar-refractivity contribution in [1.29, 1.82) is 0 Å². The SMILES string of the molecule is CNC(C)CNC(=O)Cc1c(C)nc2c(c1C)c(=O)[nH]n2C. The first-order valence-corrected chi connectivity index (χ1v) is 7.33. The van der Waals surface area contributed by atoms with Crippen molar-refractivity contribution in [1.82, 2.24) is 25.4 Å². The maximum absolute atomic E-state index is 12.1. The van der Waals surface area contributed by atoms with E-state index in [0.29, 0.717) is 17.6 Å². The van der Waals surface area contributed by atoms with Crippen LogP contribution in [-0.2, 0) is 18.3 Å². The predicted molar refractivity (Wildman–Crippen MR) is 86.0 cm³/mol. The lowest BCUT2D eigenvalue weighted by atomic mass is 10.0. The molecule has 0 aliphatic rings. The normalized spacial score (nSPS) is 12.6. The van der Waals surface area contributed by atoms with Gasteiger partial charge in [-0.1, -0.05) is 0 Å². The third-order valence-electron chi connectivity index (χ3n) is 4.01. The Labute approximate surface area is 129 Å². The third-order valence-corrected chi connectivity index (χ3v) is 4.01. The molecule has 0 aliphatic carbocycles. The van der Waals surface area contributed by atoms with Crippen LogP contribution in [0.25, 0.3) is 11.0 Å². The molecule has 7 nitrogen and oxygen atoms in total. The first-order valence-electron chi connectivity index (χ1n) is 7.33. The molecule has 7 heteroatoms. The Morgan fingerprint density at radius 3 is 2.73 bits per heavy atom. The fraction of sp³-hybridized carbons (Fsp3) is 0.533. The molecular weight excluding hydrogens is 282 g/mol. The van der Waals surface area contributed by atoms with Gasteiger partial charge in [-0.05, 0) is 38.9 Å². The Morgan fingerprint density at radius 1 is 1.41 bits per heavy atom. The van der Waals surface area contributed by atoms with Gasteiger partial charge in [-0.15, -0.1) is 0 Å². The first-order chi connectivity index (χ1) is 10.3. The smallest absolute Gasteiger partial charge is 0.273 e. The second kappa shape index (κ2) is 6.31. The molecule has 0 saturated carbocycles. The lowest BCUT2D eigenvalue weighted by Gasteiger charge is -2.13. The number of nitrogens with zero attached hydrogens (tertiary/aromatic N) is 2. The highest BCUT2D eigenvalue weighted by molar-refractivity contribution is 5.84. The number of likely N-dealkylation sites (N-methyl/N-ethyl adjacent to an activating group) is 1. The zero-order chi connectivity index (χ0) is 16.4. The van der Waals surface area contributed by atoms with Crippen LogP contribution in [0.1, 0.15) is 23.7 Å². The fourth-order valence-corrected chi connectivity index (χ4v) is 2.50. The van der Waals surface area contributed by atoms with Crippen LogP contribution in [0.2, 0.25) is 0 Å². The maximum atomic E-state index is 12.1. The van der Waals surface area contributed by atoms with Gasteiger partial charge in [-0.25, -0.2) is 4.98 Å². The van der Waals surface area contributed by atoms with Gasteiger partial charge in [0, 0.05) is 25.3 Å². The second-order valence-corrected chi connectivity index (χ2v) is 5.67. The van der Waals surface area contributed by atoms with Gasteiger partial charge in [-0.3, -0.25) is 19.4 Å². The van der Waals surface area contributed by atoms with E-state index >= 15 is 0 Å². The molecule has 2 aromatic heterocycles. The van der Waals surface area contributed by atoms with Gasteiger partial charge in [0.2, 0.25) is 5.91 Å². The number of carbonyl (C=O) groups is 1. The van der Waals surface area contributed by atoms with Crippen molar-refractivity contribution in [3.63, 3.8) is 0 Å². The van der Waals surface area contributed by atoms with Crippen LogP contribution >= 0.6 is 0 Å². The molecule has 120 valence electrons. The van der Waals surface area contributed by atoms with Gasteiger partial charge < -0.3 is 10.6 Å². The molecule has 3 N–H and O–H groups in total. The van der Waals surface area contributed by atoms with Crippen molar-refractivity contribution < 1.29 is 4.79 Å². The Kier molecular flexibility index (Phi) is 4.65. The minimum Gasteiger partial charge on any atom is -0.354 e. The monoisotopic (exact) mass is 305 g/mol. The summed E-state index contributed by atoms with van der Waals surface area (Å²) in [6.07, 6.45) is 0.228. The summed E-state index contributed by atoms with van der Waals surface area (Å²) < 4.78 is 1.61. The van der Waals surface area contributed by atoms with Crippen LogP contribution in [0.4, 0.5) is 0 Å². The molecule has 0 bridgehead atoms. The summed E-state index contributed by atoms with van der Waals surface area (Å²) in [6.45, 7) is 6.29. The predicted octanol–water partition coefficient (Wildman–Crippen LogP) is 0.145. The highest BCUT2D eigenvalue weighted by Crippen LogP contribution is 2.20. The second-order valence-electron chi connectivity index (χ2n) is 5.67. The number of nitrogens with one attached hydrogen (secondary N) is 3. The molecule has 0 radical (unpaired) electrons. The van der Waals surface area contributed by atoms with Crippen molar-refractivity contribution >= 4 is 16.9 Å². The molecule has 1 atom stereocenters. The molecule has 1 unspecified atom stereocenters. The number of aromatic nitrogens is 3. The van der Waals surface area contributed by atoms with Gasteiger partial charge in [0.1, 0.15) is 0 Å². The van der Waals surface area contributed by atoms with E-state index in [9.17, 15) is 9.59 Å². The van der Waals surface area contributed by atoms with E-state index in [2.05, 4.69) is 20.7 Å². The highest BCUT2D eigenvalue weighted by Gasteiger charge is 2.17. The van der Waals surface area contributed by atoms with E-state index in [1.807, 2.05) is 27.8 Å². The van der Waals surface area contributed by atoms with Gasteiger partial charge in [0.05, 0.1) is 11.8 Å². The lowest BCUT2D eigenvalue weighted by Crippen LogP contribution is -2.38. The summed E-state index contributed by atoms with van der Waals surface area (Å²) in [5.41, 5.74) is 2.86. The zero-order valence-electron chi connectivity index (χ0n) is 13.7. The number of aryl methyl sites for hydroxylation is 3. The molecule has 2 rings (SSSR count). The summed E-state index contributed by atoms with van der Waals surface area (Å²) in [7, 11) is 3.60. The van der Waals surface area contributed by atoms with E-state index in [4.69, 9.17) is 0 Å². The van der Waals surface area contributed by atoms with Crippen LogP contribution in [0.3, 0.4) is 0 Å². The summed E-state index contributed by atoms with van der Waals surface area (Å²) in [5, 5.41) is 9.21. The molecule has 0 fully saturated rings. The summed E-state index contributed by atoms with van der Waals surface area (Å²) in [6, 6.07) is 0.212. The van der Waals surface area contributed by atoms with Crippen LogP contribution < -0.4 is 16.2 Å². The number of hydrogen-bond acceptors (Lipinski definition) is 4. The third kappa shape index (κ3) is 3.04. The molecule has 0 spiro atoms. The molecule has 0 saturated heterocycles. The number of rotatable bonds is 5. The number of aromatic amines is 1. The molecule has 2 heterocycles. The number of hydrogen-bond donors (Lipinski definition) is 3. The van der Waals surface area contributed by atoms with Gasteiger partial charge >= 0.3 is 0 Å². The Balaban J connectivity index is 2.30. The van der Waals surface area contributed by atoms with Crippen molar-refractivity contribution in [3.8, 4) is 0 Å². The quantitative estimate of drug-likeness (QED) is 0.733. The number of pyridine rings is 1. The summed E-state index contributed by atoms with van der Waals surface area (Å²) in [5.74, 6) is -0.0678. The number of fused-ring (bicyclic) bond motifs is 1. The van der Waals surface area contributed by atoms with E-state index in [1.165, 1.54) is 0 Å². The van der Waals surface area contributed by atoms with Crippen LogP contribution in [0.5, 0.6) is 0 Å². The average Bonchev–Trinajstić information content (AvgIpc) is 2.75. The molecule has 1 amide bonds. The number of H-pyrrole nitrogens is 1. The number of amides is 1. The van der Waals surface area contributed by atoms with E-state index in [-0.39, 0.29) is 23.9 Å². The molecular formula is C15H23N5O2. The molecule has 22 heavy (non-hydrogen) atoms.